The van der Waals surface area contributed by atoms with Crippen molar-refractivity contribution in [1.29, 1.82) is 0 Å². The van der Waals surface area contributed by atoms with Gasteiger partial charge in [-0.2, -0.15) is 0 Å². The molecule has 0 fully saturated rings. The van der Waals surface area contributed by atoms with E-state index >= 15 is 0 Å². The van der Waals surface area contributed by atoms with Gasteiger partial charge < -0.3 is 5.73 Å². The first-order valence-electron chi connectivity index (χ1n) is 3.71. The van der Waals surface area contributed by atoms with Crippen LogP contribution < -0.4 is 5.73 Å². The molecular formula is C8H7N5. The summed E-state index contributed by atoms with van der Waals surface area (Å²) in [5.74, 6) is 0.849. The molecule has 13 heavy (non-hydrogen) atoms. The number of anilines is 1. The molecule has 64 valence electrons. The van der Waals surface area contributed by atoms with E-state index in [9.17, 15) is 0 Å². The zero-order chi connectivity index (χ0) is 9.10. The zero-order valence-electron chi connectivity index (χ0n) is 6.75. The van der Waals surface area contributed by atoms with Gasteiger partial charge in [0.15, 0.2) is 5.82 Å². The average molecular weight is 173 g/mol. The minimum atomic E-state index is 0.250. The van der Waals surface area contributed by atoms with Crippen molar-refractivity contribution in [2.75, 3.05) is 5.73 Å². The number of nitrogens with zero attached hydrogens (tertiary/aromatic N) is 4. The molecule has 5 heteroatoms. The molecule has 2 rings (SSSR count). The number of hydrogen-bond donors (Lipinski definition) is 1. The van der Waals surface area contributed by atoms with Crippen LogP contribution in [0, 0.1) is 0 Å². The van der Waals surface area contributed by atoms with Crippen LogP contribution in [0.1, 0.15) is 0 Å². The molecule has 0 aromatic carbocycles. The monoisotopic (exact) mass is 173 g/mol. The van der Waals surface area contributed by atoms with Gasteiger partial charge in [-0.05, 0) is 6.07 Å². The highest BCUT2D eigenvalue weighted by Gasteiger charge is 1.99. The largest absolute Gasteiger partial charge is 0.368 e. The summed E-state index contributed by atoms with van der Waals surface area (Å²) in [5.41, 5.74) is 6.10. The summed E-state index contributed by atoms with van der Waals surface area (Å²) in [6.07, 6.45) is 6.52. The van der Waals surface area contributed by atoms with Gasteiger partial charge in [-0.25, -0.2) is 19.9 Å². The minimum Gasteiger partial charge on any atom is -0.368 e. The molecule has 5 nitrogen and oxygen atoms in total. The highest BCUT2D eigenvalue weighted by Crippen LogP contribution is 2.10. The predicted octanol–water partition coefficient (Wildman–Crippen LogP) is 0.516. The van der Waals surface area contributed by atoms with E-state index in [-0.39, 0.29) is 5.95 Å². The van der Waals surface area contributed by atoms with E-state index in [0.717, 1.165) is 5.56 Å². The van der Waals surface area contributed by atoms with Gasteiger partial charge in [0, 0.05) is 24.8 Å². The molecule has 0 bridgehead atoms. The Balaban J connectivity index is 2.42. The van der Waals surface area contributed by atoms with Gasteiger partial charge in [0.2, 0.25) is 5.95 Å². The number of rotatable bonds is 1. The second-order valence-electron chi connectivity index (χ2n) is 2.40. The van der Waals surface area contributed by atoms with E-state index < -0.39 is 0 Å². The lowest BCUT2D eigenvalue weighted by molar-refractivity contribution is 1.13. The minimum absolute atomic E-state index is 0.250. The lowest BCUT2D eigenvalue weighted by Crippen LogP contribution is -1.95. The van der Waals surface area contributed by atoms with Crippen molar-refractivity contribution in [2.45, 2.75) is 0 Å². The number of aromatic nitrogens is 4. The third-order valence-corrected chi connectivity index (χ3v) is 1.50. The highest BCUT2D eigenvalue weighted by atomic mass is 15.0. The number of nitrogen functional groups attached to an aromatic ring is 1. The second-order valence-corrected chi connectivity index (χ2v) is 2.40. The van der Waals surface area contributed by atoms with Crippen molar-refractivity contribution in [3.8, 4) is 11.4 Å². The van der Waals surface area contributed by atoms with Crippen LogP contribution in [0.2, 0.25) is 0 Å². The van der Waals surface area contributed by atoms with Crippen LogP contribution in [0.4, 0.5) is 5.95 Å². The van der Waals surface area contributed by atoms with Crippen LogP contribution in [0.3, 0.4) is 0 Å². The topological polar surface area (TPSA) is 77.6 Å². The summed E-state index contributed by atoms with van der Waals surface area (Å²) in [4.78, 5) is 15.8. The van der Waals surface area contributed by atoms with Crippen LogP contribution in [0.5, 0.6) is 0 Å². The smallest absolute Gasteiger partial charge is 0.219 e. The first-order valence-corrected chi connectivity index (χ1v) is 3.71. The molecule has 0 aliphatic heterocycles. The summed E-state index contributed by atoms with van der Waals surface area (Å²) < 4.78 is 0. The molecular weight excluding hydrogens is 166 g/mol. The van der Waals surface area contributed by atoms with Crippen LogP contribution in [0.15, 0.2) is 30.9 Å². The Kier molecular flexibility index (Phi) is 1.84. The van der Waals surface area contributed by atoms with E-state index in [2.05, 4.69) is 19.9 Å². The molecule has 0 saturated carbocycles. The van der Waals surface area contributed by atoms with Gasteiger partial charge >= 0.3 is 0 Å². The van der Waals surface area contributed by atoms with Crippen molar-refractivity contribution < 1.29 is 0 Å². The Labute approximate surface area is 74.7 Å². The molecule has 2 N–H and O–H groups in total. The normalized spacial score (nSPS) is 9.85. The molecule has 0 amide bonds. The van der Waals surface area contributed by atoms with Crippen LogP contribution in [-0.4, -0.2) is 19.9 Å². The fraction of sp³-hybridized carbons (Fsp3) is 0. The third kappa shape index (κ3) is 1.58. The standard InChI is InChI=1S/C8H7N5/c9-8-12-4-6(5-13-8)7-10-2-1-3-11-7/h1-5H,(H2,9,12,13). The second kappa shape index (κ2) is 3.14. The van der Waals surface area contributed by atoms with E-state index in [4.69, 9.17) is 5.73 Å². The summed E-state index contributed by atoms with van der Waals surface area (Å²) >= 11 is 0. The molecule has 0 unspecified atom stereocenters. The van der Waals surface area contributed by atoms with Gasteiger partial charge in [0.05, 0.1) is 5.56 Å². The summed E-state index contributed by atoms with van der Waals surface area (Å²) in [6.45, 7) is 0. The first-order chi connectivity index (χ1) is 6.36. The quantitative estimate of drug-likeness (QED) is 0.680. The van der Waals surface area contributed by atoms with Gasteiger partial charge in [-0.3, -0.25) is 0 Å². The highest BCUT2D eigenvalue weighted by molar-refractivity contribution is 5.51. The lowest BCUT2D eigenvalue weighted by Gasteiger charge is -1.96. The van der Waals surface area contributed by atoms with Gasteiger partial charge in [-0.15, -0.1) is 0 Å². The molecule has 0 aliphatic rings. The van der Waals surface area contributed by atoms with Crippen molar-refractivity contribution in [1.82, 2.24) is 19.9 Å². The SMILES string of the molecule is Nc1ncc(-c2ncccn2)cn1. The number of hydrogen-bond acceptors (Lipinski definition) is 5. The van der Waals surface area contributed by atoms with E-state index in [0.29, 0.717) is 5.82 Å². The molecule has 0 saturated heterocycles. The Hall–Kier alpha value is -2.04. The van der Waals surface area contributed by atoms with Crippen LogP contribution >= 0.6 is 0 Å². The fourth-order valence-electron chi connectivity index (χ4n) is 0.902. The summed E-state index contributed by atoms with van der Waals surface area (Å²) in [5, 5.41) is 0. The molecule has 2 heterocycles. The third-order valence-electron chi connectivity index (χ3n) is 1.50. The van der Waals surface area contributed by atoms with Crippen molar-refractivity contribution >= 4 is 5.95 Å². The van der Waals surface area contributed by atoms with Gasteiger partial charge in [0.1, 0.15) is 0 Å². The maximum Gasteiger partial charge on any atom is 0.219 e. The predicted molar refractivity (Wildman–Crippen MR) is 47.5 cm³/mol. The van der Waals surface area contributed by atoms with Crippen molar-refractivity contribution in [3.63, 3.8) is 0 Å². The van der Waals surface area contributed by atoms with Crippen LogP contribution in [-0.2, 0) is 0 Å². The molecule has 0 aliphatic carbocycles. The summed E-state index contributed by atoms with van der Waals surface area (Å²) in [6, 6.07) is 1.75. The fourth-order valence-corrected chi connectivity index (χ4v) is 0.902. The Bertz CT molecular complexity index is 383. The molecule has 2 aromatic heterocycles. The first kappa shape index (κ1) is 7.60. The van der Waals surface area contributed by atoms with E-state index in [1.807, 2.05) is 0 Å². The summed E-state index contributed by atoms with van der Waals surface area (Å²) in [7, 11) is 0. The van der Waals surface area contributed by atoms with Gasteiger partial charge in [-0.1, -0.05) is 0 Å². The maximum absolute atomic E-state index is 5.34. The Morgan fingerprint density at radius 3 is 2.15 bits per heavy atom. The van der Waals surface area contributed by atoms with Crippen LogP contribution in [0.25, 0.3) is 11.4 Å². The van der Waals surface area contributed by atoms with Gasteiger partial charge in [0.25, 0.3) is 0 Å². The molecule has 0 radical (unpaired) electrons. The Morgan fingerprint density at radius 1 is 0.923 bits per heavy atom. The average Bonchev–Trinajstić information content (AvgIpc) is 2.20. The molecule has 2 aromatic rings. The van der Waals surface area contributed by atoms with E-state index in [1.54, 1.807) is 30.9 Å². The molecule has 0 atom stereocenters. The molecule has 0 spiro atoms. The lowest BCUT2D eigenvalue weighted by atomic mass is 10.3. The van der Waals surface area contributed by atoms with Crippen molar-refractivity contribution in [2.24, 2.45) is 0 Å². The maximum atomic E-state index is 5.34. The Morgan fingerprint density at radius 2 is 1.54 bits per heavy atom. The van der Waals surface area contributed by atoms with E-state index in [1.165, 1.54) is 0 Å². The van der Waals surface area contributed by atoms with Crippen molar-refractivity contribution in [3.05, 3.63) is 30.9 Å². The zero-order valence-corrected chi connectivity index (χ0v) is 6.75. The number of nitrogens with two attached hydrogens (primary N) is 1.